The lowest BCUT2D eigenvalue weighted by Gasteiger charge is -2.23. The largest absolute Gasteiger partial charge is 0.353 e. The van der Waals surface area contributed by atoms with Crippen molar-refractivity contribution in [1.29, 1.82) is 0 Å². The van der Waals surface area contributed by atoms with Crippen molar-refractivity contribution >= 4 is 23.5 Å². The molecule has 0 bridgehead atoms. The first kappa shape index (κ1) is 26.8. The van der Waals surface area contributed by atoms with Crippen LogP contribution in [-0.4, -0.2) is 55.2 Å². The summed E-state index contributed by atoms with van der Waals surface area (Å²) in [5.74, 6) is -0.569. The third-order valence-electron chi connectivity index (χ3n) is 4.47. The minimum Gasteiger partial charge on any atom is -0.353 e. The average Bonchev–Trinajstić information content (AvgIpc) is 2.64. The van der Waals surface area contributed by atoms with Crippen LogP contribution < -0.4 is 21.3 Å². The summed E-state index contributed by atoms with van der Waals surface area (Å²) in [5, 5.41) is 11.1. The Morgan fingerprint density at radius 2 is 1.59 bits per heavy atom. The molecule has 0 radical (unpaired) electrons. The maximum Gasteiger partial charge on any atom is 0.243 e. The predicted molar refractivity (Wildman–Crippen MR) is 114 cm³/mol. The molecular formula is C21H38N4O4. The molecule has 8 nitrogen and oxygen atoms in total. The quantitative estimate of drug-likeness (QED) is 0.252. The number of amides is 3. The maximum absolute atomic E-state index is 12.4. The fraction of sp³-hybridized carbons (Fsp3) is 0.714. The molecule has 0 aliphatic rings. The van der Waals surface area contributed by atoms with Gasteiger partial charge < -0.3 is 21.3 Å². The fourth-order valence-corrected chi connectivity index (χ4v) is 2.78. The number of likely N-dealkylation sites (N-methyl/N-ethyl adjacent to an activating group) is 1. The third kappa shape index (κ3) is 12.1. The van der Waals surface area contributed by atoms with Gasteiger partial charge in [-0.2, -0.15) is 0 Å². The van der Waals surface area contributed by atoms with Crippen LogP contribution in [0.5, 0.6) is 0 Å². The Morgan fingerprint density at radius 3 is 2.10 bits per heavy atom. The molecule has 0 aromatic heterocycles. The molecule has 0 rings (SSSR count). The molecule has 0 fully saturated rings. The van der Waals surface area contributed by atoms with Gasteiger partial charge in [0.05, 0.1) is 12.1 Å². The van der Waals surface area contributed by atoms with Gasteiger partial charge in [0.15, 0.2) is 5.78 Å². The smallest absolute Gasteiger partial charge is 0.243 e. The van der Waals surface area contributed by atoms with Crippen molar-refractivity contribution in [3.63, 3.8) is 0 Å². The number of allylic oxidation sites excluding steroid dienone is 1. The molecule has 3 atom stereocenters. The lowest BCUT2D eigenvalue weighted by molar-refractivity contribution is -0.131. The number of carbonyl (C=O) groups excluding carboxylic acids is 4. The van der Waals surface area contributed by atoms with Crippen LogP contribution in [0.4, 0.5) is 0 Å². The standard InChI is InChI=1S/C21H38N4O4/c1-7-10-19(27)23-12-9-8-11-17(16(5)26)25-20(28)15(4)24-21(29)18(22-6)13-14(2)3/h7,10,14-15,17-18,22H,8-9,11-13H2,1-6H3,(H,23,27)(H,24,29)(H,25,28)/b10-7+/t15?,17-,18-/m0/s1. The van der Waals surface area contributed by atoms with Crippen molar-refractivity contribution in [2.24, 2.45) is 5.92 Å². The second-order valence-electron chi connectivity index (χ2n) is 7.66. The van der Waals surface area contributed by atoms with Crippen LogP contribution in [0.1, 0.15) is 60.3 Å². The van der Waals surface area contributed by atoms with Crippen molar-refractivity contribution in [2.45, 2.75) is 78.4 Å². The van der Waals surface area contributed by atoms with Crippen LogP contribution in [0.15, 0.2) is 12.2 Å². The molecule has 1 unspecified atom stereocenters. The summed E-state index contributed by atoms with van der Waals surface area (Å²) in [6.45, 7) is 9.36. The number of carbonyl (C=O) groups is 4. The van der Waals surface area contributed by atoms with Gasteiger partial charge in [0, 0.05) is 6.54 Å². The number of rotatable bonds is 14. The van der Waals surface area contributed by atoms with Gasteiger partial charge in [0.1, 0.15) is 6.04 Å². The Labute approximate surface area is 174 Å². The van der Waals surface area contributed by atoms with Crippen LogP contribution in [-0.2, 0) is 19.2 Å². The van der Waals surface area contributed by atoms with E-state index in [4.69, 9.17) is 0 Å². The van der Waals surface area contributed by atoms with Gasteiger partial charge in [-0.15, -0.1) is 0 Å². The van der Waals surface area contributed by atoms with Gasteiger partial charge in [-0.1, -0.05) is 19.9 Å². The predicted octanol–water partition coefficient (Wildman–Crippen LogP) is 1.06. The zero-order valence-electron chi connectivity index (χ0n) is 18.6. The van der Waals surface area contributed by atoms with E-state index < -0.39 is 12.1 Å². The van der Waals surface area contributed by atoms with E-state index in [0.717, 1.165) is 0 Å². The Morgan fingerprint density at radius 1 is 0.931 bits per heavy atom. The molecule has 0 saturated carbocycles. The molecule has 0 spiro atoms. The molecule has 29 heavy (non-hydrogen) atoms. The summed E-state index contributed by atoms with van der Waals surface area (Å²) < 4.78 is 0. The molecule has 166 valence electrons. The molecule has 0 aliphatic heterocycles. The Bertz CT molecular complexity index is 575. The molecular weight excluding hydrogens is 372 g/mol. The number of unbranched alkanes of at least 4 members (excludes halogenated alkanes) is 1. The van der Waals surface area contributed by atoms with Crippen molar-refractivity contribution in [3.05, 3.63) is 12.2 Å². The molecule has 3 amide bonds. The molecule has 0 aromatic carbocycles. The normalized spacial score (nSPS) is 14.3. The van der Waals surface area contributed by atoms with Crippen molar-refractivity contribution in [3.8, 4) is 0 Å². The fourth-order valence-electron chi connectivity index (χ4n) is 2.78. The monoisotopic (exact) mass is 410 g/mol. The van der Waals surface area contributed by atoms with Crippen LogP contribution in [0.25, 0.3) is 0 Å². The first-order valence-electron chi connectivity index (χ1n) is 10.3. The molecule has 4 N–H and O–H groups in total. The van der Waals surface area contributed by atoms with E-state index in [2.05, 4.69) is 21.3 Å². The Balaban J connectivity index is 4.48. The van der Waals surface area contributed by atoms with Gasteiger partial charge in [-0.05, 0) is 65.5 Å². The molecule has 0 heterocycles. The highest BCUT2D eigenvalue weighted by Gasteiger charge is 2.24. The van der Waals surface area contributed by atoms with Gasteiger partial charge in [0.25, 0.3) is 0 Å². The Kier molecular flexibility index (Phi) is 13.6. The van der Waals surface area contributed by atoms with Gasteiger partial charge in [-0.25, -0.2) is 0 Å². The van der Waals surface area contributed by atoms with Crippen LogP contribution in [0.2, 0.25) is 0 Å². The lowest BCUT2D eigenvalue weighted by Crippen LogP contribution is -2.53. The van der Waals surface area contributed by atoms with Gasteiger partial charge >= 0.3 is 0 Å². The number of Topliss-reactive ketones (excluding diaryl/α,β-unsaturated/α-hetero) is 1. The summed E-state index contributed by atoms with van der Waals surface area (Å²) in [7, 11) is 1.71. The summed E-state index contributed by atoms with van der Waals surface area (Å²) in [6.07, 6.45) is 5.64. The molecule has 8 heteroatoms. The number of hydrogen-bond acceptors (Lipinski definition) is 5. The topological polar surface area (TPSA) is 116 Å². The van der Waals surface area contributed by atoms with E-state index in [9.17, 15) is 19.2 Å². The lowest BCUT2D eigenvalue weighted by atomic mass is 10.0. The molecule has 0 aliphatic carbocycles. The zero-order valence-corrected chi connectivity index (χ0v) is 18.6. The van der Waals surface area contributed by atoms with Gasteiger partial charge in [-0.3, -0.25) is 19.2 Å². The third-order valence-corrected chi connectivity index (χ3v) is 4.47. The number of nitrogens with one attached hydrogen (secondary N) is 4. The zero-order chi connectivity index (χ0) is 22.4. The molecule has 0 aromatic rings. The van der Waals surface area contributed by atoms with E-state index in [0.29, 0.717) is 38.1 Å². The summed E-state index contributed by atoms with van der Waals surface area (Å²) >= 11 is 0. The Hall–Kier alpha value is -2.22. The van der Waals surface area contributed by atoms with Crippen molar-refractivity contribution in [2.75, 3.05) is 13.6 Å². The highest BCUT2D eigenvalue weighted by molar-refractivity contribution is 5.92. The first-order chi connectivity index (χ1) is 13.6. The first-order valence-corrected chi connectivity index (χ1v) is 10.3. The SMILES string of the molecule is C/C=C/C(=O)NCCCC[C@H](NC(=O)C(C)NC(=O)[C@H](CC(C)C)NC)C(C)=O. The van der Waals surface area contributed by atoms with E-state index in [1.165, 1.54) is 13.0 Å². The summed E-state index contributed by atoms with van der Waals surface area (Å²) in [4.78, 5) is 47.9. The highest BCUT2D eigenvalue weighted by atomic mass is 16.2. The maximum atomic E-state index is 12.4. The second kappa shape index (κ2) is 14.7. The van der Waals surface area contributed by atoms with Crippen LogP contribution in [0, 0.1) is 5.92 Å². The van der Waals surface area contributed by atoms with Crippen molar-refractivity contribution in [1.82, 2.24) is 21.3 Å². The van der Waals surface area contributed by atoms with E-state index >= 15 is 0 Å². The van der Waals surface area contributed by atoms with Gasteiger partial charge in [0.2, 0.25) is 17.7 Å². The minimum absolute atomic E-state index is 0.136. The van der Waals surface area contributed by atoms with E-state index in [-0.39, 0.29) is 29.5 Å². The van der Waals surface area contributed by atoms with E-state index in [1.54, 1.807) is 27.0 Å². The highest BCUT2D eigenvalue weighted by Crippen LogP contribution is 2.06. The second-order valence-corrected chi connectivity index (χ2v) is 7.66. The van der Waals surface area contributed by atoms with E-state index in [1.807, 2.05) is 13.8 Å². The average molecular weight is 411 g/mol. The summed E-state index contributed by atoms with van der Waals surface area (Å²) in [5.41, 5.74) is 0. The minimum atomic E-state index is -0.743. The number of ketones is 1. The van der Waals surface area contributed by atoms with Crippen molar-refractivity contribution < 1.29 is 19.2 Å². The summed E-state index contributed by atoms with van der Waals surface area (Å²) in [6, 6.07) is -1.72. The number of hydrogen-bond donors (Lipinski definition) is 4. The van der Waals surface area contributed by atoms with Crippen LogP contribution in [0.3, 0.4) is 0 Å². The molecule has 0 saturated heterocycles. The van der Waals surface area contributed by atoms with Crippen LogP contribution >= 0.6 is 0 Å².